The van der Waals surface area contributed by atoms with Gasteiger partial charge in [-0.25, -0.2) is 0 Å². The maximum Gasteiger partial charge on any atom is 0.0441 e. The predicted octanol–water partition coefficient (Wildman–Crippen LogP) is 3.77. The Morgan fingerprint density at radius 2 is 1.93 bits per heavy atom. The summed E-state index contributed by atoms with van der Waals surface area (Å²) in [5, 5.41) is 0.829. The van der Waals surface area contributed by atoms with Crippen molar-refractivity contribution < 1.29 is 0 Å². The fourth-order valence-corrected chi connectivity index (χ4v) is 1.68. The van der Waals surface area contributed by atoms with Crippen LogP contribution in [-0.4, -0.2) is 0 Å². The van der Waals surface area contributed by atoms with Crippen molar-refractivity contribution in [1.29, 1.82) is 0 Å². The van der Waals surface area contributed by atoms with Gasteiger partial charge in [0.05, 0.1) is 0 Å². The Morgan fingerprint density at radius 3 is 2.50 bits per heavy atom. The zero-order chi connectivity index (χ0) is 10.7. The molecule has 0 amide bonds. The van der Waals surface area contributed by atoms with E-state index in [9.17, 15) is 0 Å². The van der Waals surface area contributed by atoms with Crippen molar-refractivity contribution in [3.8, 4) is 12.3 Å². The smallest absolute Gasteiger partial charge is 0.0441 e. The molecule has 0 fully saturated rings. The Hall–Kier alpha value is -0.930. The summed E-state index contributed by atoms with van der Waals surface area (Å²) < 4.78 is 0. The van der Waals surface area contributed by atoms with Crippen molar-refractivity contribution in [3.05, 3.63) is 33.8 Å². The van der Waals surface area contributed by atoms with Crippen LogP contribution >= 0.6 is 11.6 Å². The molecule has 14 heavy (non-hydrogen) atoms. The van der Waals surface area contributed by atoms with E-state index < -0.39 is 0 Å². The van der Waals surface area contributed by atoms with Gasteiger partial charge in [0.2, 0.25) is 0 Å². The van der Waals surface area contributed by atoms with Gasteiger partial charge in [0.1, 0.15) is 0 Å². The highest BCUT2D eigenvalue weighted by Gasteiger charge is 2.06. The first-order valence-electron chi connectivity index (χ1n) is 4.76. The fourth-order valence-electron chi connectivity index (χ4n) is 1.39. The van der Waals surface area contributed by atoms with Gasteiger partial charge in [-0.1, -0.05) is 24.6 Å². The fraction of sp³-hybridized carbons (Fsp3) is 0.385. The predicted molar refractivity (Wildman–Crippen MR) is 62.6 cm³/mol. The van der Waals surface area contributed by atoms with Crippen LogP contribution in [0.25, 0.3) is 0 Å². The molecule has 0 aliphatic rings. The molecule has 0 aliphatic carbocycles. The zero-order valence-electron chi connectivity index (χ0n) is 8.89. The molecule has 0 nitrogen and oxygen atoms in total. The van der Waals surface area contributed by atoms with Crippen LogP contribution in [0.4, 0.5) is 0 Å². The molecule has 1 aromatic rings. The molecule has 0 bridgehead atoms. The van der Waals surface area contributed by atoms with E-state index in [1.807, 2.05) is 13.0 Å². The summed E-state index contributed by atoms with van der Waals surface area (Å²) in [5.41, 5.74) is 3.65. The number of hydrogen-bond acceptors (Lipinski definition) is 0. The number of benzene rings is 1. The lowest BCUT2D eigenvalue weighted by Gasteiger charge is -2.09. The van der Waals surface area contributed by atoms with E-state index in [1.54, 1.807) is 0 Å². The lowest BCUT2D eigenvalue weighted by molar-refractivity contribution is 0.750. The van der Waals surface area contributed by atoms with E-state index in [1.165, 1.54) is 11.1 Å². The summed E-state index contributed by atoms with van der Waals surface area (Å²) in [6.45, 7) is 6.19. The highest BCUT2D eigenvalue weighted by Crippen LogP contribution is 2.23. The maximum atomic E-state index is 6.13. The van der Waals surface area contributed by atoms with Crippen molar-refractivity contribution in [2.45, 2.75) is 27.2 Å². The second-order valence-electron chi connectivity index (χ2n) is 3.80. The molecule has 0 saturated heterocycles. The van der Waals surface area contributed by atoms with Gasteiger partial charge in [-0.3, -0.25) is 0 Å². The molecule has 0 aromatic heterocycles. The van der Waals surface area contributed by atoms with Crippen molar-refractivity contribution in [1.82, 2.24) is 0 Å². The SMILES string of the molecule is C#CC(C)Cc1cc(C)c(C)cc1Cl. The molecule has 0 heterocycles. The number of hydrogen-bond donors (Lipinski definition) is 0. The number of rotatable bonds is 2. The molecule has 1 rings (SSSR count). The Bertz CT molecular complexity index is 372. The Kier molecular flexibility index (Phi) is 3.61. The third-order valence-corrected chi connectivity index (χ3v) is 2.83. The number of halogens is 1. The minimum absolute atomic E-state index is 0.245. The molecule has 0 saturated carbocycles. The molecule has 0 N–H and O–H groups in total. The molecule has 0 spiro atoms. The van der Waals surface area contributed by atoms with Gasteiger partial charge in [0, 0.05) is 10.9 Å². The standard InChI is InChI=1S/C13H15Cl/c1-5-9(2)6-12-7-10(3)11(4)8-13(12)14/h1,7-9H,6H2,2-4H3. The monoisotopic (exact) mass is 206 g/mol. The highest BCUT2D eigenvalue weighted by molar-refractivity contribution is 6.31. The first kappa shape index (κ1) is 11.1. The first-order valence-corrected chi connectivity index (χ1v) is 5.14. The van der Waals surface area contributed by atoms with E-state index in [-0.39, 0.29) is 5.92 Å². The Morgan fingerprint density at radius 1 is 1.36 bits per heavy atom. The largest absolute Gasteiger partial charge is 0.120 e. The number of terminal acetylenes is 1. The van der Waals surface area contributed by atoms with E-state index in [0.29, 0.717) is 0 Å². The van der Waals surface area contributed by atoms with Crippen molar-refractivity contribution in [2.75, 3.05) is 0 Å². The van der Waals surface area contributed by atoms with Gasteiger partial charge in [-0.15, -0.1) is 12.3 Å². The molecule has 0 radical (unpaired) electrons. The van der Waals surface area contributed by atoms with Crippen molar-refractivity contribution >= 4 is 11.6 Å². The van der Waals surface area contributed by atoms with Crippen LogP contribution in [0.2, 0.25) is 5.02 Å². The first-order chi connectivity index (χ1) is 6.54. The van der Waals surface area contributed by atoms with Gasteiger partial charge in [0.25, 0.3) is 0 Å². The summed E-state index contributed by atoms with van der Waals surface area (Å²) in [5.74, 6) is 2.96. The molecular formula is C13H15Cl. The van der Waals surface area contributed by atoms with E-state index in [0.717, 1.165) is 17.0 Å². The van der Waals surface area contributed by atoms with Gasteiger partial charge in [-0.05, 0) is 43.0 Å². The van der Waals surface area contributed by atoms with E-state index in [2.05, 4.69) is 25.8 Å². The van der Waals surface area contributed by atoms with Crippen LogP contribution in [0.1, 0.15) is 23.6 Å². The third-order valence-electron chi connectivity index (χ3n) is 2.47. The molecular weight excluding hydrogens is 192 g/mol. The number of aryl methyl sites for hydroxylation is 2. The quantitative estimate of drug-likeness (QED) is 0.647. The lowest BCUT2D eigenvalue weighted by Crippen LogP contribution is -1.98. The van der Waals surface area contributed by atoms with Gasteiger partial charge >= 0.3 is 0 Å². The second-order valence-corrected chi connectivity index (χ2v) is 4.21. The summed E-state index contributed by atoms with van der Waals surface area (Å²) in [6.07, 6.45) is 6.20. The molecule has 1 aromatic carbocycles. The van der Waals surface area contributed by atoms with Crippen LogP contribution < -0.4 is 0 Å². The Labute approximate surface area is 91.3 Å². The summed E-state index contributed by atoms with van der Waals surface area (Å²) in [6, 6.07) is 4.14. The maximum absolute atomic E-state index is 6.13. The topological polar surface area (TPSA) is 0 Å². The summed E-state index contributed by atoms with van der Waals surface area (Å²) in [7, 11) is 0. The van der Waals surface area contributed by atoms with Crippen molar-refractivity contribution in [3.63, 3.8) is 0 Å². The lowest BCUT2D eigenvalue weighted by atomic mass is 9.98. The van der Waals surface area contributed by atoms with Crippen molar-refractivity contribution in [2.24, 2.45) is 5.92 Å². The van der Waals surface area contributed by atoms with Crippen LogP contribution in [0.3, 0.4) is 0 Å². The second kappa shape index (κ2) is 4.53. The van der Waals surface area contributed by atoms with Crippen LogP contribution in [0.5, 0.6) is 0 Å². The van der Waals surface area contributed by atoms with Gasteiger partial charge in [0.15, 0.2) is 0 Å². The molecule has 1 unspecified atom stereocenters. The van der Waals surface area contributed by atoms with E-state index >= 15 is 0 Å². The zero-order valence-corrected chi connectivity index (χ0v) is 9.65. The molecule has 1 atom stereocenters. The minimum atomic E-state index is 0.245. The van der Waals surface area contributed by atoms with Crippen LogP contribution in [-0.2, 0) is 6.42 Å². The van der Waals surface area contributed by atoms with Crippen LogP contribution in [0.15, 0.2) is 12.1 Å². The van der Waals surface area contributed by atoms with E-state index in [4.69, 9.17) is 18.0 Å². The molecule has 0 aliphatic heterocycles. The minimum Gasteiger partial charge on any atom is -0.120 e. The normalized spacial score (nSPS) is 12.2. The summed E-state index contributed by atoms with van der Waals surface area (Å²) >= 11 is 6.13. The average Bonchev–Trinajstić information content (AvgIpc) is 2.14. The third kappa shape index (κ3) is 2.53. The highest BCUT2D eigenvalue weighted by atomic mass is 35.5. The average molecular weight is 207 g/mol. The van der Waals surface area contributed by atoms with Gasteiger partial charge < -0.3 is 0 Å². The molecule has 1 heteroatoms. The Balaban J connectivity index is 2.99. The van der Waals surface area contributed by atoms with Crippen LogP contribution in [0, 0.1) is 32.1 Å². The summed E-state index contributed by atoms with van der Waals surface area (Å²) in [4.78, 5) is 0. The molecule has 74 valence electrons. The van der Waals surface area contributed by atoms with Gasteiger partial charge in [-0.2, -0.15) is 0 Å².